The van der Waals surface area contributed by atoms with Crippen LogP contribution in [0.1, 0.15) is 0 Å². The number of hydrogen-bond acceptors (Lipinski definition) is 3. The Labute approximate surface area is 46.7 Å². The third kappa shape index (κ3) is 4.92. The summed E-state index contributed by atoms with van der Waals surface area (Å²) in [6, 6.07) is 0. The molecule has 5 heavy (non-hydrogen) atoms. The van der Waals surface area contributed by atoms with Crippen molar-refractivity contribution >= 4 is 46.4 Å². The average Bonchev–Trinajstić information content (AvgIpc) is 1.41. The van der Waals surface area contributed by atoms with Crippen LogP contribution < -0.4 is 0 Å². The van der Waals surface area contributed by atoms with Crippen LogP contribution in [0.5, 0.6) is 0 Å². The van der Waals surface area contributed by atoms with E-state index in [9.17, 15) is 0 Å². The third-order valence-corrected chi connectivity index (χ3v) is 1.00. The van der Waals surface area contributed by atoms with E-state index in [4.69, 9.17) is 0 Å². The molecule has 0 bridgehead atoms. The third-order valence-electron chi connectivity index (χ3n) is 0.111. The van der Waals surface area contributed by atoms with Gasteiger partial charge in [-0.25, -0.2) is 0 Å². The molecule has 0 aliphatic carbocycles. The van der Waals surface area contributed by atoms with Gasteiger partial charge in [0.05, 0.1) is 0 Å². The Kier molecular flexibility index (Phi) is 5.82. The molecule has 0 saturated heterocycles. The minimum absolute atomic E-state index is 1.34. The second kappa shape index (κ2) is 4.92. The Hall–Kier alpha value is 0.920. The van der Waals surface area contributed by atoms with E-state index in [2.05, 4.69) is 24.1 Å². The first-order valence-corrected chi connectivity index (χ1v) is 2.83. The molecule has 0 aliphatic rings. The Morgan fingerprint density at radius 2 is 1.60 bits per heavy atom. The molecule has 0 nitrogen and oxygen atoms in total. The Morgan fingerprint density at radius 1 is 1.20 bits per heavy atom. The summed E-state index contributed by atoms with van der Waals surface area (Å²) in [7, 11) is 0. The number of rotatable bonds is 2. The van der Waals surface area contributed by atoms with Gasteiger partial charge < -0.3 is 0 Å². The maximum absolute atomic E-state index is 4.39. The molecule has 0 spiro atoms. The van der Waals surface area contributed by atoms with Crippen molar-refractivity contribution in [2.45, 2.75) is 0 Å². The van der Waals surface area contributed by atoms with E-state index in [1.54, 1.807) is 0 Å². The summed E-state index contributed by atoms with van der Waals surface area (Å²) in [6.45, 7) is 0. The summed E-state index contributed by atoms with van der Waals surface area (Å²) in [5, 5.41) is 0. The van der Waals surface area contributed by atoms with Crippen molar-refractivity contribution < 1.29 is 0 Å². The molecule has 0 radical (unpaired) electrons. The summed E-state index contributed by atoms with van der Waals surface area (Å²) in [6.07, 6.45) is 0. The van der Waals surface area contributed by atoms with E-state index in [-0.39, 0.29) is 0 Å². The molecule has 0 amide bonds. The molecule has 0 atom stereocenters. The first-order chi connectivity index (χ1) is 2.41. The van der Waals surface area contributed by atoms with E-state index in [1.807, 2.05) is 0 Å². The first kappa shape index (κ1) is 5.92. The fourth-order valence-electron chi connectivity index (χ4n) is 0.0227. The van der Waals surface area contributed by atoms with Crippen molar-refractivity contribution in [1.29, 1.82) is 0 Å². The van der Waals surface area contributed by atoms with Crippen LogP contribution in [0.4, 0.5) is 0 Å². The van der Waals surface area contributed by atoms with Gasteiger partial charge in [0.25, 0.3) is 0 Å². The van der Waals surface area contributed by atoms with Crippen molar-refractivity contribution in [2.24, 2.45) is 0 Å². The zero-order valence-corrected chi connectivity index (χ0v) is 4.83. The quantitative estimate of drug-likeness (QED) is 0.499. The normalized spacial score (nSPS) is 4.80. The number of hydrogen-bond donors (Lipinski definition) is 0. The maximum atomic E-state index is 4.39. The zero-order chi connectivity index (χ0) is 4.12. The van der Waals surface area contributed by atoms with Gasteiger partial charge >= 0.3 is 46.4 Å². The van der Waals surface area contributed by atoms with E-state index >= 15 is 0 Å². The van der Waals surface area contributed by atoms with Crippen LogP contribution in [-0.2, 0) is 0 Å². The summed E-state index contributed by atoms with van der Waals surface area (Å²) in [5.41, 5.74) is 3.04. The molecular formula is B2S3. The van der Waals surface area contributed by atoms with Gasteiger partial charge in [0, 0.05) is 0 Å². The molecular weight excluding hydrogens is 118 g/mol. The standard InChI is InChI=1S/B2S3/c3-1-5-2-4. The topological polar surface area (TPSA) is 0 Å². The minimum atomic E-state index is 1.34. The van der Waals surface area contributed by atoms with Crippen molar-refractivity contribution in [3.63, 3.8) is 0 Å². The van der Waals surface area contributed by atoms with Gasteiger partial charge in [0.1, 0.15) is 0 Å². The van der Waals surface area contributed by atoms with E-state index in [0.29, 0.717) is 0 Å². The summed E-state index contributed by atoms with van der Waals surface area (Å²) < 4.78 is 0. The Balaban J connectivity index is 2.65. The van der Waals surface area contributed by atoms with Crippen LogP contribution in [0.3, 0.4) is 0 Å². The molecule has 0 heterocycles. The molecule has 5 heteroatoms. The van der Waals surface area contributed by atoms with E-state index < -0.39 is 0 Å². The predicted molar refractivity (Wildman–Crippen MR) is 34.3 cm³/mol. The molecule has 0 aromatic carbocycles. The first-order valence-electron chi connectivity index (χ1n) is 0.943. The Bertz CT molecular complexity index is 34.2. The molecule has 0 N–H and O–H groups in total. The van der Waals surface area contributed by atoms with Crippen molar-refractivity contribution in [3.8, 4) is 0 Å². The van der Waals surface area contributed by atoms with Gasteiger partial charge in [-0.2, -0.15) is 0 Å². The molecule has 0 fully saturated rings. The molecule has 0 rings (SSSR count). The predicted octanol–water partition coefficient (Wildman–Crippen LogP) is 1.18. The fraction of sp³-hybridized carbons (Fsp3) is 0. The van der Waals surface area contributed by atoms with Gasteiger partial charge in [-0.3, -0.25) is 0 Å². The van der Waals surface area contributed by atoms with Gasteiger partial charge in [-0.1, -0.05) is 0 Å². The van der Waals surface area contributed by atoms with Crippen LogP contribution in [0, 0.1) is 0 Å². The summed E-state index contributed by atoms with van der Waals surface area (Å²) >= 11 is 10.1. The van der Waals surface area contributed by atoms with Crippen LogP contribution in [0.2, 0.25) is 0 Å². The van der Waals surface area contributed by atoms with Crippen molar-refractivity contribution in [1.82, 2.24) is 0 Å². The van der Waals surface area contributed by atoms with Crippen LogP contribution in [0.15, 0.2) is 0 Å². The van der Waals surface area contributed by atoms with Crippen molar-refractivity contribution in [3.05, 3.63) is 0 Å². The van der Waals surface area contributed by atoms with Gasteiger partial charge in [0.15, 0.2) is 0 Å². The van der Waals surface area contributed by atoms with E-state index in [1.165, 1.54) is 22.3 Å². The Morgan fingerprint density at radius 3 is 1.60 bits per heavy atom. The second-order valence-corrected chi connectivity index (χ2v) is 2.14. The summed E-state index contributed by atoms with van der Waals surface area (Å²) in [4.78, 5) is 0. The van der Waals surface area contributed by atoms with Gasteiger partial charge in [0.2, 0.25) is 0 Å². The van der Waals surface area contributed by atoms with Gasteiger partial charge in [-0.15, -0.1) is 0 Å². The monoisotopic (exact) mass is 118 g/mol. The molecule has 0 aromatic heterocycles. The molecule has 24 valence electrons. The van der Waals surface area contributed by atoms with Crippen LogP contribution >= 0.6 is 35.6 Å². The average molecular weight is 118 g/mol. The molecule has 0 unspecified atom stereocenters. The molecule has 0 aromatic rings. The second-order valence-electron chi connectivity index (χ2n) is 0.329. The fourth-order valence-corrected chi connectivity index (χ4v) is 0.612. The van der Waals surface area contributed by atoms with Gasteiger partial charge in [-0.05, 0) is 0 Å². The molecule has 0 aliphatic heterocycles. The summed E-state index contributed by atoms with van der Waals surface area (Å²) in [5.74, 6) is 0. The van der Waals surface area contributed by atoms with Crippen LogP contribution in [-0.4, -0.2) is 10.9 Å². The van der Waals surface area contributed by atoms with Crippen molar-refractivity contribution in [2.75, 3.05) is 0 Å². The van der Waals surface area contributed by atoms with E-state index in [0.717, 1.165) is 0 Å². The zero-order valence-electron chi connectivity index (χ0n) is 2.38. The molecule has 0 saturated carbocycles. The van der Waals surface area contributed by atoms with Crippen LogP contribution in [0.25, 0.3) is 0 Å². The SMILES string of the molecule is S=BSB=S.